The van der Waals surface area contributed by atoms with Crippen molar-refractivity contribution in [1.29, 1.82) is 0 Å². The predicted octanol–water partition coefficient (Wildman–Crippen LogP) is 0.309. The molecule has 1 amide bonds. The second-order valence-corrected chi connectivity index (χ2v) is 5.32. The van der Waals surface area contributed by atoms with E-state index in [0.717, 1.165) is 71.7 Å². The average molecular weight is 269 g/mol. The molecule has 5 nitrogen and oxygen atoms in total. The van der Waals surface area contributed by atoms with E-state index in [1.807, 2.05) is 11.8 Å². The van der Waals surface area contributed by atoms with E-state index in [1.54, 1.807) is 0 Å². The van der Waals surface area contributed by atoms with Crippen LogP contribution in [-0.4, -0.2) is 74.2 Å². The van der Waals surface area contributed by atoms with Crippen molar-refractivity contribution in [2.45, 2.75) is 32.2 Å². The molecule has 0 bridgehead atoms. The number of hydrogen-bond acceptors (Lipinski definition) is 4. The molecule has 2 aliphatic heterocycles. The second-order valence-electron chi connectivity index (χ2n) is 5.32. The summed E-state index contributed by atoms with van der Waals surface area (Å²) in [4.78, 5) is 16.9. The number of likely N-dealkylation sites (tertiary alicyclic amines) is 1. The van der Waals surface area contributed by atoms with Gasteiger partial charge in [-0.15, -0.1) is 0 Å². The lowest BCUT2D eigenvalue weighted by Gasteiger charge is -2.33. The third kappa shape index (κ3) is 4.16. The number of nitrogens with one attached hydrogen (secondary N) is 1. The van der Waals surface area contributed by atoms with Crippen molar-refractivity contribution in [1.82, 2.24) is 15.1 Å². The smallest absolute Gasteiger partial charge is 0.240 e. The molecule has 0 aliphatic carbocycles. The number of amides is 1. The molecule has 2 rings (SSSR count). The Bertz CT molecular complexity index is 280. The molecule has 5 heteroatoms. The Labute approximate surface area is 116 Å². The topological polar surface area (TPSA) is 44.8 Å². The van der Waals surface area contributed by atoms with Gasteiger partial charge in [-0.2, -0.15) is 0 Å². The van der Waals surface area contributed by atoms with Crippen LogP contribution in [0.2, 0.25) is 0 Å². The number of carbonyl (C=O) groups excluding carboxylic acids is 1. The largest absolute Gasteiger partial charge is 0.382 e. The number of nitrogens with zero attached hydrogens (tertiary/aromatic N) is 2. The van der Waals surface area contributed by atoms with Crippen LogP contribution in [0.25, 0.3) is 0 Å². The van der Waals surface area contributed by atoms with Gasteiger partial charge in [-0.25, -0.2) is 0 Å². The van der Waals surface area contributed by atoms with Crippen molar-refractivity contribution in [3.8, 4) is 0 Å². The Hall–Kier alpha value is -0.650. The van der Waals surface area contributed by atoms with Crippen molar-refractivity contribution in [3.05, 3.63) is 0 Å². The first-order valence-electron chi connectivity index (χ1n) is 7.64. The van der Waals surface area contributed by atoms with Gasteiger partial charge in [0, 0.05) is 45.9 Å². The zero-order valence-electron chi connectivity index (χ0n) is 12.1. The first-order valence-corrected chi connectivity index (χ1v) is 7.64. The Kier molecular flexibility index (Phi) is 6.07. The molecule has 2 fully saturated rings. The summed E-state index contributed by atoms with van der Waals surface area (Å²) in [5.74, 6) is 0.343. The molecule has 0 aromatic carbocycles. The fraction of sp³-hybridized carbons (Fsp3) is 0.929. The van der Waals surface area contributed by atoms with Gasteiger partial charge >= 0.3 is 0 Å². The summed E-state index contributed by atoms with van der Waals surface area (Å²) in [6.45, 7) is 9.25. The highest BCUT2D eigenvalue weighted by molar-refractivity contribution is 5.82. The maximum atomic E-state index is 12.5. The molecule has 0 spiro atoms. The quantitative estimate of drug-likeness (QED) is 0.705. The van der Waals surface area contributed by atoms with Gasteiger partial charge in [0.2, 0.25) is 5.91 Å². The van der Waals surface area contributed by atoms with Crippen LogP contribution in [0.4, 0.5) is 0 Å². The summed E-state index contributed by atoms with van der Waals surface area (Å²) in [6.07, 6.45) is 3.20. The minimum absolute atomic E-state index is 0.125. The minimum Gasteiger partial charge on any atom is -0.382 e. The number of hydrogen-bond donors (Lipinski definition) is 1. The molecular formula is C14H27N3O2. The lowest BCUT2D eigenvalue weighted by molar-refractivity contribution is -0.136. The Morgan fingerprint density at radius 3 is 2.84 bits per heavy atom. The summed E-state index contributed by atoms with van der Waals surface area (Å²) < 4.78 is 5.38. The highest BCUT2D eigenvalue weighted by Gasteiger charge is 2.33. The fourth-order valence-corrected chi connectivity index (χ4v) is 2.98. The molecule has 0 aromatic rings. The van der Waals surface area contributed by atoms with Crippen LogP contribution in [0.3, 0.4) is 0 Å². The van der Waals surface area contributed by atoms with Crippen molar-refractivity contribution in [2.75, 3.05) is 52.5 Å². The van der Waals surface area contributed by atoms with E-state index in [0.29, 0.717) is 5.91 Å². The number of rotatable bonds is 6. The zero-order valence-corrected chi connectivity index (χ0v) is 12.1. The van der Waals surface area contributed by atoms with Crippen molar-refractivity contribution in [3.63, 3.8) is 0 Å². The zero-order chi connectivity index (χ0) is 13.5. The Morgan fingerprint density at radius 1 is 1.32 bits per heavy atom. The third-order valence-electron chi connectivity index (χ3n) is 4.02. The molecule has 2 saturated heterocycles. The van der Waals surface area contributed by atoms with Gasteiger partial charge in [-0.1, -0.05) is 0 Å². The summed E-state index contributed by atoms with van der Waals surface area (Å²) in [6, 6.07) is 0.125. The average Bonchev–Trinajstić information content (AvgIpc) is 2.92. The van der Waals surface area contributed by atoms with Crippen molar-refractivity contribution >= 4 is 5.91 Å². The molecule has 2 heterocycles. The molecule has 1 unspecified atom stereocenters. The van der Waals surface area contributed by atoms with Crippen molar-refractivity contribution in [2.24, 2.45) is 0 Å². The number of piperazine rings is 1. The first kappa shape index (κ1) is 14.8. The first-order chi connectivity index (χ1) is 9.33. The van der Waals surface area contributed by atoms with Gasteiger partial charge in [-0.3, -0.25) is 9.69 Å². The highest BCUT2D eigenvalue weighted by Crippen LogP contribution is 2.19. The van der Waals surface area contributed by atoms with Gasteiger partial charge in [0.25, 0.3) is 0 Å². The molecule has 0 saturated carbocycles. The van der Waals surface area contributed by atoms with Crippen LogP contribution >= 0.6 is 0 Å². The van der Waals surface area contributed by atoms with E-state index in [1.165, 1.54) is 0 Å². The fourth-order valence-electron chi connectivity index (χ4n) is 2.98. The van der Waals surface area contributed by atoms with E-state index in [4.69, 9.17) is 4.74 Å². The molecule has 0 radical (unpaired) electrons. The van der Waals surface area contributed by atoms with Crippen LogP contribution in [0.1, 0.15) is 26.2 Å². The normalized spacial score (nSPS) is 24.9. The van der Waals surface area contributed by atoms with E-state index < -0.39 is 0 Å². The highest BCUT2D eigenvalue weighted by atomic mass is 16.5. The summed E-state index contributed by atoms with van der Waals surface area (Å²) in [5, 5.41) is 3.30. The van der Waals surface area contributed by atoms with Gasteiger partial charge in [-0.05, 0) is 32.7 Å². The van der Waals surface area contributed by atoms with E-state index in [2.05, 4.69) is 10.2 Å². The standard InChI is InChI=1S/C14H27N3O2/c1-2-19-12-4-9-16-8-3-5-13(16)14(18)17-10-6-15-7-11-17/h13,15H,2-12H2,1H3. The number of ether oxygens (including phenoxy) is 1. The molecule has 1 N–H and O–H groups in total. The van der Waals surface area contributed by atoms with E-state index >= 15 is 0 Å². The van der Waals surface area contributed by atoms with Crippen LogP contribution in [0.15, 0.2) is 0 Å². The van der Waals surface area contributed by atoms with Crippen LogP contribution < -0.4 is 5.32 Å². The van der Waals surface area contributed by atoms with E-state index in [-0.39, 0.29) is 6.04 Å². The molecule has 19 heavy (non-hydrogen) atoms. The van der Waals surface area contributed by atoms with Crippen LogP contribution in [0.5, 0.6) is 0 Å². The lowest BCUT2D eigenvalue weighted by atomic mass is 10.1. The maximum absolute atomic E-state index is 12.5. The SMILES string of the molecule is CCOCCCN1CCCC1C(=O)N1CCNCC1. The molecular weight excluding hydrogens is 242 g/mol. The summed E-state index contributed by atoms with van der Waals surface area (Å²) >= 11 is 0. The van der Waals surface area contributed by atoms with Crippen molar-refractivity contribution < 1.29 is 9.53 Å². The minimum atomic E-state index is 0.125. The van der Waals surface area contributed by atoms with Gasteiger partial charge in [0.05, 0.1) is 6.04 Å². The summed E-state index contributed by atoms with van der Waals surface area (Å²) in [7, 11) is 0. The lowest BCUT2D eigenvalue weighted by Crippen LogP contribution is -2.52. The molecule has 0 aromatic heterocycles. The second kappa shape index (κ2) is 7.82. The van der Waals surface area contributed by atoms with Gasteiger partial charge in [0.15, 0.2) is 0 Å². The van der Waals surface area contributed by atoms with E-state index in [9.17, 15) is 4.79 Å². The Morgan fingerprint density at radius 2 is 2.11 bits per heavy atom. The molecule has 2 aliphatic rings. The maximum Gasteiger partial charge on any atom is 0.240 e. The monoisotopic (exact) mass is 269 g/mol. The van der Waals surface area contributed by atoms with Gasteiger partial charge in [0.1, 0.15) is 0 Å². The Balaban J connectivity index is 1.78. The van der Waals surface area contributed by atoms with Gasteiger partial charge < -0.3 is 15.0 Å². The third-order valence-corrected chi connectivity index (χ3v) is 4.02. The number of carbonyl (C=O) groups is 1. The van der Waals surface area contributed by atoms with Crippen LogP contribution in [0, 0.1) is 0 Å². The van der Waals surface area contributed by atoms with Crippen LogP contribution in [-0.2, 0) is 9.53 Å². The molecule has 110 valence electrons. The predicted molar refractivity (Wildman–Crippen MR) is 75.2 cm³/mol. The summed E-state index contributed by atoms with van der Waals surface area (Å²) in [5.41, 5.74) is 0. The molecule has 1 atom stereocenters.